The molecule has 0 spiro atoms. The molecule has 0 aliphatic carbocycles. The lowest BCUT2D eigenvalue weighted by molar-refractivity contribution is 0.0951. The van der Waals surface area contributed by atoms with Crippen LogP contribution < -0.4 is 5.32 Å². The summed E-state index contributed by atoms with van der Waals surface area (Å²) in [5, 5.41) is 6.90. The van der Waals surface area contributed by atoms with Gasteiger partial charge in [0.15, 0.2) is 0 Å². The fraction of sp³-hybridized carbons (Fsp3) is 0.211. The van der Waals surface area contributed by atoms with Gasteiger partial charge in [0, 0.05) is 22.9 Å². The summed E-state index contributed by atoms with van der Waals surface area (Å²) in [4.78, 5) is 21.0. The van der Waals surface area contributed by atoms with Crippen molar-refractivity contribution in [2.75, 3.05) is 0 Å². The molecule has 0 aliphatic heterocycles. The van der Waals surface area contributed by atoms with Gasteiger partial charge in [0.2, 0.25) is 0 Å². The van der Waals surface area contributed by atoms with Crippen LogP contribution in [0.5, 0.6) is 0 Å². The number of thiazole rings is 1. The van der Waals surface area contributed by atoms with Gasteiger partial charge < -0.3 is 5.32 Å². The average Bonchev–Trinajstić information content (AvgIpc) is 3.14. The summed E-state index contributed by atoms with van der Waals surface area (Å²) in [5.41, 5.74) is 2.91. The fourth-order valence-corrected chi connectivity index (χ4v) is 3.83. The minimum Gasteiger partial charge on any atom is -0.346 e. The second-order valence-electron chi connectivity index (χ2n) is 5.42. The Hall–Kier alpha value is -2.18. The van der Waals surface area contributed by atoms with Gasteiger partial charge in [-0.05, 0) is 36.2 Å². The van der Waals surface area contributed by atoms with Crippen molar-refractivity contribution in [1.29, 1.82) is 0 Å². The maximum absolute atomic E-state index is 12.2. The molecule has 3 rings (SSSR count). The first kappa shape index (κ1) is 17.6. The van der Waals surface area contributed by atoms with Gasteiger partial charge in [-0.1, -0.05) is 25.1 Å². The van der Waals surface area contributed by atoms with Crippen LogP contribution in [-0.2, 0) is 18.7 Å². The normalized spacial score (nSPS) is 10.6. The Labute approximate surface area is 155 Å². The number of aryl methyl sites for hydroxylation is 1. The third-order valence-corrected chi connectivity index (χ3v) is 5.51. The van der Waals surface area contributed by atoms with E-state index in [0.29, 0.717) is 12.1 Å². The third-order valence-electron chi connectivity index (χ3n) is 3.60. The highest BCUT2D eigenvalue weighted by molar-refractivity contribution is 7.98. The summed E-state index contributed by atoms with van der Waals surface area (Å²) >= 11 is 3.26. The minimum atomic E-state index is -0.0721. The Bertz CT molecular complexity index is 816. The van der Waals surface area contributed by atoms with Gasteiger partial charge in [0.25, 0.3) is 5.91 Å². The predicted molar refractivity (Wildman–Crippen MR) is 103 cm³/mol. The number of pyridine rings is 1. The number of carbonyl (C=O) groups excluding carboxylic acids is 1. The molecule has 128 valence electrons. The Morgan fingerprint density at radius 3 is 2.72 bits per heavy atom. The van der Waals surface area contributed by atoms with E-state index in [2.05, 4.69) is 22.2 Å². The molecule has 1 aromatic carbocycles. The van der Waals surface area contributed by atoms with E-state index >= 15 is 0 Å². The van der Waals surface area contributed by atoms with Crippen molar-refractivity contribution >= 4 is 29.0 Å². The number of carbonyl (C=O) groups is 1. The highest BCUT2D eigenvalue weighted by Gasteiger charge is 2.07. The summed E-state index contributed by atoms with van der Waals surface area (Å²) in [5.74, 6) is 0.759. The highest BCUT2D eigenvalue weighted by Crippen LogP contribution is 2.20. The smallest absolute Gasteiger partial charge is 0.251 e. The van der Waals surface area contributed by atoms with E-state index in [4.69, 9.17) is 0 Å². The number of amides is 1. The number of nitrogens with zero attached hydrogens (tertiary/aromatic N) is 2. The van der Waals surface area contributed by atoms with Crippen LogP contribution in [0.15, 0.2) is 59.1 Å². The first-order chi connectivity index (χ1) is 12.2. The van der Waals surface area contributed by atoms with E-state index in [-0.39, 0.29) is 5.91 Å². The molecular formula is C19H19N3OS2. The molecule has 2 heterocycles. The Balaban J connectivity index is 1.51. The number of nitrogens with one attached hydrogen (secondary N) is 1. The van der Waals surface area contributed by atoms with Crippen molar-refractivity contribution in [2.24, 2.45) is 0 Å². The van der Waals surface area contributed by atoms with E-state index in [1.807, 2.05) is 47.8 Å². The first-order valence-corrected chi connectivity index (χ1v) is 9.95. The quantitative estimate of drug-likeness (QED) is 0.630. The predicted octanol–water partition coefficient (Wildman–Crippen LogP) is 4.32. The van der Waals surface area contributed by atoms with E-state index < -0.39 is 0 Å². The second-order valence-corrected chi connectivity index (χ2v) is 7.36. The van der Waals surface area contributed by atoms with Crippen molar-refractivity contribution in [2.45, 2.75) is 30.7 Å². The molecule has 0 fully saturated rings. The molecular weight excluding hydrogens is 350 g/mol. The van der Waals surface area contributed by atoms with E-state index in [0.717, 1.165) is 27.9 Å². The molecule has 3 aromatic rings. The molecule has 0 saturated heterocycles. The third kappa shape index (κ3) is 5.14. The number of hydrogen-bond acceptors (Lipinski definition) is 5. The molecule has 1 amide bonds. The molecule has 0 atom stereocenters. The van der Waals surface area contributed by atoms with Crippen molar-refractivity contribution < 1.29 is 4.79 Å². The molecule has 4 nitrogen and oxygen atoms in total. The number of thioether (sulfide) groups is 1. The molecule has 6 heteroatoms. The lowest BCUT2D eigenvalue weighted by atomic mass is 10.1. The monoisotopic (exact) mass is 369 g/mol. The van der Waals surface area contributed by atoms with Crippen LogP contribution in [0.2, 0.25) is 0 Å². The zero-order valence-corrected chi connectivity index (χ0v) is 15.6. The summed E-state index contributed by atoms with van der Waals surface area (Å²) in [6, 6.07) is 13.6. The van der Waals surface area contributed by atoms with E-state index in [9.17, 15) is 4.79 Å². The van der Waals surface area contributed by atoms with Crippen LogP contribution in [-0.4, -0.2) is 15.9 Å². The lowest BCUT2D eigenvalue weighted by Crippen LogP contribution is -2.22. The molecule has 0 saturated carbocycles. The first-order valence-electron chi connectivity index (χ1n) is 8.09. The van der Waals surface area contributed by atoms with Crippen LogP contribution >= 0.6 is 23.1 Å². The summed E-state index contributed by atoms with van der Waals surface area (Å²) in [6.45, 7) is 2.55. The number of rotatable bonds is 7. The van der Waals surface area contributed by atoms with Gasteiger partial charge in [0.1, 0.15) is 5.01 Å². The van der Waals surface area contributed by atoms with Crippen molar-refractivity contribution in [3.63, 3.8) is 0 Å². The summed E-state index contributed by atoms with van der Waals surface area (Å²) < 4.78 is 0. The average molecular weight is 370 g/mol. The molecule has 2 aromatic heterocycles. The minimum absolute atomic E-state index is 0.0721. The van der Waals surface area contributed by atoms with E-state index in [1.54, 1.807) is 29.3 Å². The van der Waals surface area contributed by atoms with Crippen molar-refractivity contribution in [3.8, 4) is 0 Å². The molecule has 0 bridgehead atoms. The molecule has 1 N–H and O–H groups in total. The van der Waals surface area contributed by atoms with Gasteiger partial charge in [-0.15, -0.1) is 23.1 Å². The van der Waals surface area contributed by atoms with Gasteiger partial charge in [-0.3, -0.25) is 4.79 Å². The van der Waals surface area contributed by atoms with Gasteiger partial charge in [0.05, 0.1) is 17.3 Å². The molecule has 0 unspecified atom stereocenters. The lowest BCUT2D eigenvalue weighted by Gasteiger charge is -2.05. The maximum Gasteiger partial charge on any atom is 0.251 e. The largest absolute Gasteiger partial charge is 0.346 e. The Morgan fingerprint density at radius 2 is 2.04 bits per heavy atom. The molecule has 0 radical (unpaired) electrons. The standard InChI is InChI=1S/C19H19N3OS2/c1-2-16-13-25-18(22-16)11-21-19(23)15-8-6-14(7-9-15)12-24-17-5-3-4-10-20-17/h3-10,13H,2,11-12H2,1H3,(H,21,23). The summed E-state index contributed by atoms with van der Waals surface area (Å²) in [6.07, 6.45) is 2.71. The number of benzene rings is 1. The Kier molecular flexibility index (Phi) is 6.19. The van der Waals surface area contributed by atoms with Crippen molar-refractivity contribution in [1.82, 2.24) is 15.3 Å². The van der Waals surface area contributed by atoms with Crippen LogP contribution in [0.3, 0.4) is 0 Å². The van der Waals surface area contributed by atoms with Gasteiger partial charge >= 0.3 is 0 Å². The van der Waals surface area contributed by atoms with Crippen LogP contribution in [0.25, 0.3) is 0 Å². The van der Waals surface area contributed by atoms with E-state index in [1.165, 1.54) is 5.56 Å². The topological polar surface area (TPSA) is 54.9 Å². The van der Waals surface area contributed by atoms with Crippen molar-refractivity contribution in [3.05, 3.63) is 75.9 Å². The Morgan fingerprint density at radius 1 is 1.20 bits per heavy atom. The fourth-order valence-electron chi connectivity index (χ4n) is 2.19. The van der Waals surface area contributed by atoms with Crippen LogP contribution in [0.4, 0.5) is 0 Å². The SMILES string of the molecule is CCc1csc(CNC(=O)c2ccc(CSc3ccccn3)cc2)n1. The van der Waals surface area contributed by atoms with Gasteiger partial charge in [-0.25, -0.2) is 9.97 Å². The second kappa shape index (κ2) is 8.78. The summed E-state index contributed by atoms with van der Waals surface area (Å²) in [7, 11) is 0. The van der Waals surface area contributed by atoms with Crippen LogP contribution in [0.1, 0.15) is 33.5 Å². The number of aromatic nitrogens is 2. The molecule has 25 heavy (non-hydrogen) atoms. The zero-order valence-electron chi connectivity index (χ0n) is 13.9. The zero-order chi connectivity index (χ0) is 17.5. The number of hydrogen-bond donors (Lipinski definition) is 1. The highest BCUT2D eigenvalue weighted by atomic mass is 32.2. The van der Waals surface area contributed by atoms with Crippen LogP contribution in [0, 0.1) is 0 Å². The molecule has 0 aliphatic rings. The van der Waals surface area contributed by atoms with Gasteiger partial charge in [-0.2, -0.15) is 0 Å². The maximum atomic E-state index is 12.2.